The standard InChI is InChI=1S/C15H22N2S/c1-12(2)18-14-9-7-13(8-10-14)15(17(3)4)6-5-11-16/h7-10,12,15H,5-6H2,1-4H3. The average molecular weight is 262 g/mol. The van der Waals surface area contributed by atoms with Crippen molar-refractivity contribution >= 4 is 11.8 Å². The molecule has 1 rings (SSSR count). The van der Waals surface area contributed by atoms with Crippen molar-refractivity contribution in [1.29, 1.82) is 5.26 Å². The van der Waals surface area contributed by atoms with Crippen molar-refractivity contribution < 1.29 is 0 Å². The largest absolute Gasteiger partial charge is 0.302 e. The second kappa shape index (κ2) is 7.45. The molecule has 0 aliphatic rings. The quantitative estimate of drug-likeness (QED) is 0.722. The molecule has 0 bridgehead atoms. The van der Waals surface area contributed by atoms with Crippen molar-refractivity contribution in [2.75, 3.05) is 14.1 Å². The van der Waals surface area contributed by atoms with E-state index in [0.717, 1.165) is 6.42 Å². The lowest BCUT2D eigenvalue weighted by molar-refractivity contribution is 0.286. The minimum atomic E-state index is 0.336. The van der Waals surface area contributed by atoms with Gasteiger partial charge < -0.3 is 4.90 Å². The Labute approximate surface area is 115 Å². The van der Waals surface area contributed by atoms with Gasteiger partial charge >= 0.3 is 0 Å². The molecule has 0 aromatic heterocycles. The molecule has 0 saturated carbocycles. The van der Waals surface area contributed by atoms with E-state index in [4.69, 9.17) is 5.26 Å². The van der Waals surface area contributed by atoms with Crippen LogP contribution < -0.4 is 0 Å². The smallest absolute Gasteiger partial charge is 0.0622 e. The normalized spacial score (nSPS) is 12.7. The molecule has 0 N–H and O–H groups in total. The summed E-state index contributed by atoms with van der Waals surface area (Å²) in [5.74, 6) is 0. The van der Waals surface area contributed by atoms with Gasteiger partial charge in [-0.15, -0.1) is 11.8 Å². The summed E-state index contributed by atoms with van der Waals surface area (Å²) in [5.41, 5.74) is 1.29. The molecule has 1 aromatic carbocycles. The molecule has 0 aliphatic carbocycles. The van der Waals surface area contributed by atoms with Crippen LogP contribution >= 0.6 is 11.8 Å². The topological polar surface area (TPSA) is 27.0 Å². The highest BCUT2D eigenvalue weighted by Crippen LogP contribution is 2.27. The highest BCUT2D eigenvalue weighted by molar-refractivity contribution is 7.99. The zero-order chi connectivity index (χ0) is 13.5. The zero-order valence-electron chi connectivity index (χ0n) is 11.7. The third-order valence-corrected chi connectivity index (χ3v) is 3.81. The molecule has 1 aromatic rings. The van der Waals surface area contributed by atoms with Crippen molar-refractivity contribution in [2.45, 2.75) is 42.9 Å². The number of hydrogen-bond acceptors (Lipinski definition) is 3. The number of benzene rings is 1. The molecule has 1 atom stereocenters. The predicted molar refractivity (Wildman–Crippen MR) is 78.7 cm³/mol. The molecule has 1 unspecified atom stereocenters. The van der Waals surface area contributed by atoms with Crippen LogP contribution in [0.4, 0.5) is 0 Å². The molecule has 0 amide bonds. The van der Waals surface area contributed by atoms with Crippen LogP contribution in [0.5, 0.6) is 0 Å². The van der Waals surface area contributed by atoms with Gasteiger partial charge in [-0.2, -0.15) is 5.26 Å². The SMILES string of the molecule is CC(C)Sc1ccc(C(CCC#N)N(C)C)cc1. The number of thioether (sulfide) groups is 1. The Balaban J connectivity index is 2.77. The monoisotopic (exact) mass is 262 g/mol. The fourth-order valence-electron chi connectivity index (χ4n) is 1.96. The molecule has 0 spiro atoms. The highest BCUT2D eigenvalue weighted by Gasteiger charge is 2.13. The van der Waals surface area contributed by atoms with Gasteiger partial charge in [-0.05, 0) is 38.2 Å². The van der Waals surface area contributed by atoms with Crippen molar-refractivity contribution in [3.05, 3.63) is 29.8 Å². The minimum absolute atomic E-state index is 0.336. The summed E-state index contributed by atoms with van der Waals surface area (Å²) in [6.45, 7) is 4.41. The van der Waals surface area contributed by atoms with E-state index in [-0.39, 0.29) is 0 Å². The molecule has 98 valence electrons. The third-order valence-electron chi connectivity index (χ3n) is 2.79. The highest BCUT2D eigenvalue weighted by atomic mass is 32.2. The first-order valence-corrected chi connectivity index (χ1v) is 7.22. The Kier molecular flexibility index (Phi) is 6.24. The van der Waals surface area contributed by atoms with E-state index in [1.165, 1.54) is 10.5 Å². The summed E-state index contributed by atoms with van der Waals surface area (Å²) in [4.78, 5) is 3.49. The molecule has 0 fully saturated rings. The molecule has 3 heteroatoms. The molecule has 0 aliphatic heterocycles. The Bertz CT molecular complexity index is 390. The lowest BCUT2D eigenvalue weighted by Crippen LogP contribution is -2.19. The van der Waals surface area contributed by atoms with Gasteiger partial charge in [0.25, 0.3) is 0 Å². The number of nitrogens with zero attached hydrogens (tertiary/aromatic N) is 2. The molecule has 0 heterocycles. The van der Waals surface area contributed by atoms with Gasteiger partial charge in [0.05, 0.1) is 6.07 Å². The first-order valence-electron chi connectivity index (χ1n) is 6.34. The summed E-state index contributed by atoms with van der Waals surface area (Å²) in [6, 6.07) is 11.3. The summed E-state index contributed by atoms with van der Waals surface area (Å²) >= 11 is 1.88. The van der Waals surface area contributed by atoms with Gasteiger partial charge in [0, 0.05) is 22.6 Å². The summed E-state index contributed by atoms with van der Waals surface area (Å²) in [5, 5.41) is 9.33. The minimum Gasteiger partial charge on any atom is -0.302 e. The van der Waals surface area contributed by atoms with E-state index in [1.54, 1.807) is 0 Å². The van der Waals surface area contributed by atoms with Crippen molar-refractivity contribution in [1.82, 2.24) is 4.90 Å². The summed E-state index contributed by atoms with van der Waals surface area (Å²) < 4.78 is 0. The van der Waals surface area contributed by atoms with E-state index in [9.17, 15) is 0 Å². The van der Waals surface area contributed by atoms with E-state index in [1.807, 2.05) is 11.8 Å². The Morgan fingerprint density at radius 3 is 2.28 bits per heavy atom. The molecular formula is C15H22N2S. The Morgan fingerprint density at radius 2 is 1.83 bits per heavy atom. The lowest BCUT2D eigenvalue weighted by atomic mass is 10.0. The fraction of sp³-hybridized carbons (Fsp3) is 0.533. The molecule has 2 nitrogen and oxygen atoms in total. The van der Waals surface area contributed by atoms with Gasteiger partial charge in [0.2, 0.25) is 0 Å². The van der Waals surface area contributed by atoms with Gasteiger partial charge in [0.15, 0.2) is 0 Å². The second-order valence-electron chi connectivity index (χ2n) is 4.91. The van der Waals surface area contributed by atoms with Crippen LogP contribution in [-0.2, 0) is 0 Å². The van der Waals surface area contributed by atoms with Crippen LogP contribution in [0.2, 0.25) is 0 Å². The number of hydrogen-bond donors (Lipinski definition) is 0. The second-order valence-corrected chi connectivity index (χ2v) is 6.56. The van der Waals surface area contributed by atoms with Crippen molar-refractivity contribution in [3.63, 3.8) is 0 Å². The average Bonchev–Trinajstić information content (AvgIpc) is 2.30. The van der Waals surface area contributed by atoms with Gasteiger partial charge in [-0.25, -0.2) is 0 Å². The summed E-state index contributed by atoms with van der Waals surface area (Å²) in [7, 11) is 4.14. The van der Waals surface area contributed by atoms with E-state index >= 15 is 0 Å². The van der Waals surface area contributed by atoms with Crippen LogP contribution in [-0.4, -0.2) is 24.2 Å². The van der Waals surface area contributed by atoms with Crippen LogP contribution in [0.25, 0.3) is 0 Å². The first kappa shape index (κ1) is 15.1. The number of rotatable bonds is 6. The van der Waals surface area contributed by atoms with Crippen LogP contribution in [0.3, 0.4) is 0 Å². The molecular weight excluding hydrogens is 240 g/mol. The van der Waals surface area contributed by atoms with Crippen LogP contribution in [0.15, 0.2) is 29.2 Å². The van der Waals surface area contributed by atoms with Gasteiger partial charge in [-0.3, -0.25) is 0 Å². The van der Waals surface area contributed by atoms with Crippen molar-refractivity contribution in [2.24, 2.45) is 0 Å². The maximum absolute atomic E-state index is 8.72. The molecule has 18 heavy (non-hydrogen) atoms. The fourth-order valence-corrected chi connectivity index (χ4v) is 2.80. The summed E-state index contributed by atoms with van der Waals surface area (Å²) in [6.07, 6.45) is 1.49. The van der Waals surface area contributed by atoms with Gasteiger partial charge in [-0.1, -0.05) is 26.0 Å². The predicted octanol–water partition coefficient (Wildman–Crippen LogP) is 4.09. The zero-order valence-corrected chi connectivity index (χ0v) is 12.5. The number of nitriles is 1. The lowest BCUT2D eigenvalue weighted by Gasteiger charge is -2.24. The van der Waals surface area contributed by atoms with E-state index in [2.05, 4.69) is 63.2 Å². The molecule has 0 radical (unpaired) electrons. The Hall–Kier alpha value is -0.980. The maximum atomic E-state index is 8.72. The van der Waals surface area contributed by atoms with Crippen molar-refractivity contribution in [3.8, 4) is 6.07 Å². The van der Waals surface area contributed by atoms with Crippen LogP contribution in [0, 0.1) is 11.3 Å². The third kappa shape index (κ3) is 4.72. The molecule has 0 saturated heterocycles. The maximum Gasteiger partial charge on any atom is 0.0622 e. The van der Waals surface area contributed by atoms with Crippen LogP contribution in [0.1, 0.15) is 38.3 Å². The van der Waals surface area contributed by atoms with E-state index < -0.39 is 0 Å². The Morgan fingerprint density at radius 1 is 1.22 bits per heavy atom. The van der Waals surface area contributed by atoms with Gasteiger partial charge in [0.1, 0.15) is 0 Å². The first-order chi connectivity index (χ1) is 8.54. The van der Waals surface area contributed by atoms with E-state index in [0.29, 0.717) is 17.7 Å².